The number of carbonyl (C=O) groups excluding carboxylic acids is 3. The topological polar surface area (TPSA) is 130 Å². The lowest BCUT2D eigenvalue weighted by Crippen LogP contribution is -2.51. The number of anilines is 1. The number of nitrogens with zero attached hydrogens (tertiary/aromatic N) is 3. The van der Waals surface area contributed by atoms with Crippen molar-refractivity contribution in [2.45, 2.75) is 32.2 Å². The number of hydrogen-bond acceptors (Lipinski definition) is 7. The van der Waals surface area contributed by atoms with Gasteiger partial charge in [-0.3, -0.25) is 14.4 Å². The molecule has 0 saturated carbocycles. The predicted octanol–water partition coefficient (Wildman–Crippen LogP) is -0.217. The summed E-state index contributed by atoms with van der Waals surface area (Å²) in [4.78, 5) is 46.1. The molecule has 0 aromatic carbocycles. The van der Waals surface area contributed by atoms with Crippen LogP contribution in [0.5, 0.6) is 0 Å². The van der Waals surface area contributed by atoms with Crippen molar-refractivity contribution in [3.05, 3.63) is 28.3 Å². The smallest absolute Gasteiger partial charge is 0.270 e. The second kappa shape index (κ2) is 7.28. The van der Waals surface area contributed by atoms with E-state index in [4.69, 9.17) is 17.3 Å². The monoisotopic (exact) mass is 378 g/mol. The van der Waals surface area contributed by atoms with Gasteiger partial charge < -0.3 is 21.3 Å². The summed E-state index contributed by atoms with van der Waals surface area (Å²) in [5.41, 5.74) is 6.01. The maximum atomic E-state index is 12.4. The van der Waals surface area contributed by atoms with Gasteiger partial charge in [-0.15, -0.1) is 0 Å². The van der Waals surface area contributed by atoms with Crippen molar-refractivity contribution < 1.29 is 14.4 Å². The number of amides is 2. The van der Waals surface area contributed by atoms with Crippen LogP contribution in [0.25, 0.3) is 0 Å². The minimum atomic E-state index is -0.570. The first-order chi connectivity index (χ1) is 12.3. The summed E-state index contributed by atoms with van der Waals surface area (Å²) in [5.74, 6) is -1.15. The van der Waals surface area contributed by atoms with E-state index in [1.165, 1.54) is 0 Å². The molecule has 1 atom stereocenters. The number of halogens is 1. The van der Waals surface area contributed by atoms with Crippen LogP contribution in [-0.2, 0) is 14.4 Å². The first kappa shape index (κ1) is 18.1. The number of nitrogens with two attached hydrogens (primary N) is 1. The van der Waals surface area contributed by atoms with E-state index in [1.807, 2.05) is 11.8 Å². The van der Waals surface area contributed by atoms with Gasteiger partial charge in [0.15, 0.2) is 5.78 Å². The quantitative estimate of drug-likeness (QED) is 0.489. The Hall–Kier alpha value is -2.68. The van der Waals surface area contributed by atoms with Crippen LogP contribution < -0.4 is 21.3 Å². The molecule has 3 rings (SSSR count). The molecule has 10 heteroatoms. The minimum absolute atomic E-state index is 0.182. The molecule has 9 nitrogen and oxygen atoms in total. The van der Waals surface area contributed by atoms with Crippen LogP contribution >= 0.6 is 11.6 Å². The molecule has 2 aliphatic rings. The van der Waals surface area contributed by atoms with E-state index >= 15 is 0 Å². The first-order valence-electron chi connectivity index (χ1n) is 8.23. The lowest BCUT2D eigenvalue weighted by atomic mass is 10.0. The number of piperidine rings is 1. The lowest BCUT2D eigenvalue weighted by Gasteiger charge is -2.33. The molecule has 2 amide bonds. The maximum absolute atomic E-state index is 12.4. The highest BCUT2D eigenvalue weighted by atomic mass is 35.5. The van der Waals surface area contributed by atoms with E-state index in [1.54, 1.807) is 6.07 Å². The van der Waals surface area contributed by atoms with E-state index in [9.17, 15) is 14.4 Å². The van der Waals surface area contributed by atoms with E-state index in [-0.39, 0.29) is 23.9 Å². The Morgan fingerprint density at radius 2 is 2.19 bits per heavy atom. The standard InChI is InChI=1S/C16H19ClN6O3/c1-8-5-11(17)21-16(19-8)23-4-2-3-9(7-23)20-15(26)14-13(18)10(24)6-12(25)22-14/h5,9H,2-4,6-7,18H2,1H3,(H,20,26)(H,22,25). The van der Waals surface area contributed by atoms with Gasteiger partial charge in [0, 0.05) is 24.8 Å². The Bertz CT molecular complexity index is 789. The zero-order chi connectivity index (χ0) is 18.8. The average Bonchev–Trinajstić information content (AvgIpc) is 2.57. The van der Waals surface area contributed by atoms with Crippen LogP contribution in [-0.4, -0.2) is 46.7 Å². The number of rotatable bonds is 3. The first-order valence-corrected chi connectivity index (χ1v) is 8.61. The van der Waals surface area contributed by atoms with E-state index in [2.05, 4.69) is 20.6 Å². The van der Waals surface area contributed by atoms with Crippen molar-refractivity contribution in [3.63, 3.8) is 0 Å². The fourth-order valence-corrected chi connectivity index (χ4v) is 3.23. The van der Waals surface area contributed by atoms with Gasteiger partial charge in [0.25, 0.3) is 5.91 Å². The fourth-order valence-electron chi connectivity index (χ4n) is 3.00. The second-order valence-corrected chi connectivity index (χ2v) is 6.71. The van der Waals surface area contributed by atoms with Gasteiger partial charge in [0.2, 0.25) is 11.9 Å². The number of aryl methyl sites for hydroxylation is 1. The van der Waals surface area contributed by atoms with Crippen molar-refractivity contribution in [1.82, 2.24) is 20.6 Å². The van der Waals surface area contributed by atoms with Crippen LogP contribution in [0.1, 0.15) is 25.0 Å². The fraction of sp³-hybridized carbons (Fsp3) is 0.438. The number of carbonyl (C=O) groups is 3. The predicted molar refractivity (Wildman–Crippen MR) is 94.1 cm³/mol. The number of aromatic nitrogens is 2. The lowest BCUT2D eigenvalue weighted by molar-refractivity contribution is -0.129. The Kier molecular flexibility index (Phi) is 5.08. The molecule has 1 saturated heterocycles. The molecule has 1 fully saturated rings. The van der Waals surface area contributed by atoms with Crippen LogP contribution in [0.3, 0.4) is 0 Å². The second-order valence-electron chi connectivity index (χ2n) is 6.33. The number of hydrogen-bond donors (Lipinski definition) is 3. The van der Waals surface area contributed by atoms with Gasteiger partial charge in [-0.2, -0.15) is 0 Å². The number of allylic oxidation sites excluding steroid dienone is 1. The highest BCUT2D eigenvalue weighted by Crippen LogP contribution is 2.19. The number of nitrogens with one attached hydrogen (secondary N) is 2. The normalized spacial score (nSPS) is 20.8. The van der Waals surface area contributed by atoms with Gasteiger partial charge in [0.1, 0.15) is 16.5 Å². The van der Waals surface area contributed by atoms with Crippen LogP contribution in [0.2, 0.25) is 5.15 Å². The van der Waals surface area contributed by atoms with Crippen molar-refractivity contribution in [1.29, 1.82) is 0 Å². The van der Waals surface area contributed by atoms with E-state index in [0.29, 0.717) is 17.6 Å². The third-order valence-electron chi connectivity index (χ3n) is 4.23. The van der Waals surface area contributed by atoms with Gasteiger partial charge in [-0.05, 0) is 25.8 Å². The van der Waals surface area contributed by atoms with Crippen molar-refractivity contribution in [3.8, 4) is 0 Å². The molecule has 0 bridgehead atoms. The van der Waals surface area contributed by atoms with Crippen LogP contribution in [0.4, 0.5) is 5.95 Å². The maximum Gasteiger partial charge on any atom is 0.270 e. The highest BCUT2D eigenvalue weighted by molar-refractivity contribution is 6.29. The van der Waals surface area contributed by atoms with Crippen LogP contribution in [0, 0.1) is 6.92 Å². The van der Waals surface area contributed by atoms with Crippen molar-refractivity contribution in [2.75, 3.05) is 18.0 Å². The molecule has 1 unspecified atom stereocenters. The summed E-state index contributed by atoms with van der Waals surface area (Å²) in [6.45, 7) is 3.06. The molecule has 0 aliphatic carbocycles. The average molecular weight is 379 g/mol. The molecular formula is C16H19ClN6O3. The number of Topliss-reactive ketones (excluding diaryl/α,β-unsaturated/α-hetero) is 1. The Balaban J connectivity index is 1.70. The largest absolute Gasteiger partial charge is 0.394 e. The van der Waals surface area contributed by atoms with Gasteiger partial charge in [0.05, 0.1) is 6.42 Å². The molecule has 2 aliphatic heterocycles. The Morgan fingerprint density at radius 1 is 1.42 bits per heavy atom. The minimum Gasteiger partial charge on any atom is -0.394 e. The summed E-state index contributed by atoms with van der Waals surface area (Å²) < 4.78 is 0. The molecule has 138 valence electrons. The Labute approximate surface area is 155 Å². The summed E-state index contributed by atoms with van der Waals surface area (Å²) >= 11 is 6.00. The van der Waals surface area contributed by atoms with Crippen LogP contribution in [0.15, 0.2) is 17.5 Å². The Morgan fingerprint density at radius 3 is 2.92 bits per heavy atom. The van der Waals surface area contributed by atoms with Gasteiger partial charge in [-0.25, -0.2) is 9.97 Å². The number of ketones is 1. The van der Waals surface area contributed by atoms with E-state index < -0.39 is 17.6 Å². The molecule has 1 aromatic heterocycles. The van der Waals surface area contributed by atoms with E-state index in [0.717, 1.165) is 25.1 Å². The van der Waals surface area contributed by atoms with Gasteiger partial charge in [-0.1, -0.05) is 11.6 Å². The summed E-state index contributed by atoms with van der Waals surface area (Å²) in [6, 6.07) is 1.47. The van der Waals surface area contributed by atoms with Gasteiger partial charge >= 0.3 is 0 Å². The molecule has 26 heavy (non-hydrogen) atoms. The molecule has 0 radical (unpaired) electrons. The molecule has 4 N–H and O–H groups in total. The molecule has 3 heterocycles. The summed E-state index contributed by atoms with van der Waals surface area (Å²) in [6.07, 6.45) is 1.22. The molecule has 1 aromatic rings. The third kappa shape index (κ3) is 3.93. The highest BCUT2D eigenvalue weighted by Gasteiger charge is 2.30. The molecule has 0 spiro atoms. The van der Waals surface area contributed by atoms with Crippen molar-refractivity contribution >= 4 is 35.1 Å². The van der Waals surface area contributed by atoms with Crippen molar-refractivity contribution in [2.24, 2.45) is 5.73 Å². The zero-order valence-corrected chi connectivity index (χ0v) is 15.0. The molecular weight excluding hydrogens is 360 g/mol. The zero-order valence-electron chi connectivity index (χ0n) is 14.2. The SMILES string of the molecule is Cc1cc(Cl)nc(N2CCCC(NC(=O)C3=C(N)C(=O)CC(=O)N3)C2)n1. The summed E-state index contributed by atoms with van der Waals surface area (Å²) in [5, 5.41) is 5.55. The third-order valence-corrected chi connectivity index (χ3v) is 4.43. The summed E-state index contributed by atoms with van der Waals surface area (Å²) in [7, 11) is 0.